The molecule has 1 unspecified atom stereocenters. The van der Waals surface area contributed by atoms with Crippen LogP contribution in [0.2, 0.25) is 0 Å². The van der Waals surface area contributed by atoms with Crippen LogP contribution in [0.4, 0.5) is 11.4 Å². The van der Waals surface area contributed by atoms with Gasteiger partial charge in [0.05, 0.1) is 10.9 Å². The Labute approximate surface area is 164 Å². The van der Waals surface area contributed by atoms with Crippen LogP contribution in [-0.4, -0.2) is 42.6 Å². The van der Waals surface area contributed by atoms with E-state index in [4.69, 9.17) is 0 Å². The van der Waals surface area contributed by atoms with Gasteiger partial charge in [-0.3, -0.25) is 9.59 Å². The van der Waals surface area contributed by atoms with E-state index in [1.165, 1.54) is 11.8 Å². The van der Waals surface area contributed by atoms with Gasteiger partial charge < -0.3 is 15.1 Å². The van der Waals surface area contributed by atoms with Crippen molar-refractivity contribution in [2.24, 2.45) is 0 Å². The van der Waals surface area contributed by atoms with Gasteiger partial charge in [0.1, 0.15) is 0 Å². The quantitative estimate of drug-likeness (QED) is 0.828. The van der Waals surface area contributed by atoms with Crippen molar-refractivity contribution in [1.82, 2.24) is 4.90 Å². The van der Waals surface area contributed by atoms with E-state index < -0.39 is 5.25 Å². The second-order valence-electron chi connectivity index (χ2n) is 6.76. The summed E-state index contributed by atoms with van der Waals surface area (Å²) in [5.41, 5.74) is 3.04. The molecule has 0 spiro atoms. The van der Waals surface area contributed by atoms with Crippen LogP contribution in [0.25, 0.3) is 0 Å². The first-order valence-corrected chi connectivity index (χ1v) is 9.96. The van der Waals surface area contributed by atoms with Gasteiger partial charge in [-0.25, -0.2) is 0 Å². The summed E-state index contributed by atoms with van der Waals surface area (Å²) < 4.78 is 0. The summed E-state index contributed by atoms with van der Waals surface area (Å²) in [7, 11) is 4.00. The van der Waals surface area contributed by atoms with E-state index in [0.717, 1.165) is 21.8 Å². The molecular formula is C21H25N3O2S. The Morgan fingerprint density at radius 3 is 2.48 bits per heavy atom. The van der Waals surface area contributed by atoms with Crippen molar-refractivity contribution in [1.29, 1.82) is 0 Å². The van der Waals surface area contributed by atoms with Gasteiger partial charge >= 0.3 is 0 Å². The predicted molar refractivity (Wildman–Crippen MR) is 111 cm³/mol. The van der Waals surface area contributed by atoms with E-state index >= 15 is 0 Å². The molecule has 27 heavy (non-hydrogen) atoms. The Balaban J connectivity index is 1.64. The zero-order valence-electron chi connectivity index (χ0n) is 15.9. The topological polar surface area (TPSA) is 52.6 Å². The molecule has 6 heteroatoms. The highest BCUT2D eigenvalue weighted by molar-refractivity contribution is 8.01. The number of nitrogens with one attached hydrogen (secondary N) is 1. The molecule has 0 bridgehead atoms. The molecular weight excluding hydrogens is 358 g/mol. The van der Waals surface area contributed by atoms with E-state index in [1.54, 1.807) is 4.90 Å². The van der Waals surface area contributed by atoms with Crippen LogP contribution >= 0.6 is 11.8 Å². The summed E-state index contributed by atoms with van der Waals surface area (Å²) in [6.07, 6.45) is 0.203. The number of thioether (sulfide) groups is 1. The van der Waals surface area contributed by atoms with E-state index in [0.29, 0.717) is 13.1 Å². The minimum atomic E-state index is -0.391. The number of amides is 2. The van der Waals surface area contributed by atoms with E-state index in [2.05, 4.69) is 17.4 Å². The SMILES string of the molecule is CCN(Cc1ccc(N(C)C)cc1)C(=O)CC1Sc2ccccc2NC1=O. The van der Waals surface area contributed by atoms with Crippen molar-refractivity contribution >= 4 is 35.0 Å². The fourth-order valence-electron chi connectivity index (χ4n) is 3.01. The van der Waals surface area contributed by atoms with Crippen molar-refractivity contribution in [3.05, 3.63) is 54.1 Å². The molecule has 0 fully saturated rings. The fraction of sp³-hybridized carbons (Fsp3) is 0.333. The lowest BCUT2D eigenvalue weighted by Crippen LogP contribution is -2.37. The Kier molecular flexibility index (Phi) is 6.06. The third-order valence-corrected chi connectivity index (χ3v) is 5.90. The molecule has 142 valence electrons. The first-order chi connectivity index (χ1) is 13.0. The van der Waals surface area contributed by atoms with Gasteiger partial charge in [0.2, 0.25) is 11.8 Å². The molecule has 1 N–H and O–H groups in total. The Morgan fingerprint density at radius 1 is 1.11 bits per heavy atom. The zero-order valence-corrected chi connectivity index (χ0v) is 16.8. The fourth-order valence-corrected chi connectivity index (χ4v) is 4.11. The monoisotopic (exact) mass is 383 g/mol. The van der Waals surface area contributed by atoms with Gasteiger partial charge in [0, 0.05) is 44.2 Å². The first kappa shape index (κ1) is 19.3. The van der Waals surface area contributed by atoms with Gasteiger partial charge in [0.25, 0.3) is 0 Å². The van der Waals surface area contributed by atoms with E-state index in [-0.39, 0.29) is 18.2 Å². The van der Waals surface area contributed by atoms with Crippen molar-refractivity contribution < 1.29 is 9.59 Å². The number of nitrogens with zero attached hydrogens (tertiary/aromatic N) is 2. The van der Waals surface area contributed by atoms with Crippen LogP contribution in [0.3, 0.4) is 0 Å². The average Bonchev–Trinajstić information content (AvgIpc) is 2.67. The second kappa shape index (κ2) is 8.48. The lowest BCUT2D eigenvalue weighted by molar-refractivity contribution is -0.133. The Morgan fingerprint density at radius 2 is 1.81 bits per heavy atom. The molecule has 0 radical (unpaired) electrons. The number of hydrogen-bond donors (Lipinski definition) is 1. The van der Waals surface area contributed by atoms with Crippen LogP contribution in [0.15, 0.2) is 53.4 Å². The highest BCUT2D eigenvalue weighted by Crippen LogP contribution is 2.36. The van der Waals surface area contributed by atoms with Gasteiger partial charge in [-0.2, -0.15) is 0 Å². The van der Waals surface area contributed by atoms with Crippen LogP contribution in [0.5, 0.6) is 0 Å². The Hall–Kier alpha value is -2.47. The average molecular weight is 384 g/mol. The standard InChI is InChI=1S/C21H25N3O2S/c1-4-24(14-15-9-11-16(12-10-15)23(2)3)20(25)13-19-21(26)22-17-7-5-6-8-18(17)27-19/h5-12,19H,4,13-14H2,1-3H3,(H,22,26). The number of carbonyl (C=O) groups excluding carboxylic acids is 2. The van der Waals surface area contributed by atoms with Crippen molar-refractivity contribution in [3.8, 4) is 0 Å². The molecule has 0 saturated carbocycles. The molecule has 5 nitrogen and oxygen atoms in total. The highest BCUT2D eigenvalue weighted by atomic mass is 32.2. The van der Waals surface area contributed by atoms with Gasteiger partial charge in [-0.1, -0.05) is 24.3 Å². The summed E-state index contributed by atoms with van der Waals surface area (Å²) in [4.78, 5) is 30.0. The van der Waals surface area contributed by atoms with E-state index in [9.17, 15) is 9.59 Å². The van der Waals surface area contributed by atoms with Gasteiger partial charge in [-0.15, -0.1) is 11.8 Å². The lowest BCUT2D eigenvalue weighted by Gasteiger charge is -2.27. The smallest absolute Gasteiger partial charge is 0.238 e. The maximum atomic E-state index is 12.8. The van der Waals surface area contributed by atoms with Crippen molar-refractivity contribution in [2.45, 2.75) is 30.0 Å². The molecule has 1 atom stereocenters. The largest absolute Gasteiger partial charge is 0.378 e. The van der Waals surface area contributed by atoms with Crippen LogP contribution in [-0.2, 0) is 16.1 Å². The van der Waals surface area contributed by atoms with Crippen LogP contribution in [0, 0.1) is 0 Å². The molecule has 0 aliphatic carbocycles. The van der Waals surface area contributed by atoms with E-state index in [1.807, 2.05) is 62.3 Å². The van der Waals surface area contributed by atoms with Crippen LogP contribution in [0.1, 0.15) is 18.9 Å². The summed E-state index contributed by atoms with van der Waals surface area (Å²) >= 11 is 1.47. The molecule has 1 heterocycles. The van der Waals surface area contributed by atoms with Crippen LogP contribution < -0.4 is 10.2 Å². The summed E-state index contributed by atoms with van der Waals surface area (Å²) in [6.45, 7) is 3.14. The molecule has 2 amide bonds. The number of para-hydroxylation sites is 1. The minimum Gasteiger partial charge on any atom is -0.378 e. The van der Waals surface area contributed by atoms with Gasteiger partial charge in [-0.05, 0) is 36.8 Å². The number of rotatable bonds is 6. The molecule has 1 aliphatic heterocycles. The predicted octanol–water partition coefficient (Wildman–Crippen LogP) is 3.60. The third kappa shape index (κ3) is 4.63. The number of anilines is 2. The number of benzene rings is 2. The maximum absolute atomic E-state index is 12.8. The van der Waals surface area contributed by atoms with Gasteiger partial charge in [0.15, 0.2) is 0 Å². The molecule has 2 aromatic carbocycles. The molecule has 0 saturated heterocycles. The lowest BCUT2D eigenvalue weighted by atomic mass is 10.1. The molecule has 0 aromatic heterocycles. The molecule has 2 aromatic rings. The highest BCUT2D eigenvalue weighted by Gasteiger charge is 2.30. The number of hydrogen-bond acceptors (Lipinski definition) is 4. The number of fused-ring (bicyclic) bond motifs is 1. The molecule has 3 rings (SSSR count). The zero-order chi connectivity index (χ0) is 19.4. The Bertz CT molecular complexity index is 820. The maximum Gasteiger partial charge on any atom is 0.238 e. The summed E-state index contributed by atoms with van der Waals surface area (Å²) in [5, 5.41) is 2.51. The first-order valence-electron chi connectivity index (χ1n) is 9.08. The minimum absolute atomic E-state index is 0.00113. The molecule has 1 aliphatic rings. The summed E-state index contributed by atoms with van der Waals surface area (Å²) in [5.74, 6) is -0.0975. The second-order valence-corrected chi connectivity index (χ2v) is 8.01. The third-order valence-electron chi connectivity index (χ3n) is 4.63. The summed E-state index contributed by atoms with van der Waals surface area (Å²) in [6, 6.07) is 15.9. The number of carbonyl (C=O) groups is 2. The van der Waals surface area contributed by atoms with Crippen molar-refractivity contribution in [3.63, 3.8) is 0 Å². The normalized spacial score (nSPS) is 15.7. The van der Waals surface area contributed by atoms with Crippen molar-refractivity contribution in [2.75, 3.05) is 30.9 Å².